The van der Waals surface area contributed by atoms with Crippen molar-refractivity contribution in [3.63, 3.8) is 0 Å². The van der Waals surface area contributed by atoms with E-state index < -0.39 is 5.97 Å². The molecule has 0 spiro atoms. The molecule has 1 aromatic heterocycles. The van der Waals surface area contributed by atoms with Crippen LogP contribution < -0.4 is 10.2 Å². The van der Waals surface area contributed by atoms with Gasteiger partial charge in [-0.3, -0.25) is 4.79 Å². The van der Waals surface area contributed by atoms with Crippen LogP contribution in [0.4, 0.5) is 5.69 Å². The normalized spacial score (nSPS) is 10.5. The lowest BCUT2D eigenvalue weighted by atomic mass is 10.1. The molecule has 6 nitrogen and oxygen atoms in total. The fourth-order valence-electron chi connectivity index (χ4n) is 2.76. The summed E-state index contributed by atoms with van der Waals surface area (Å²) in [6.07, 6.45) is 1.95. The number of nitrogens with one attached hydrogen (secondary N) is 1. The van der Waals surface area contributed by atoms with Crippen LogP contribution in [0.5, 0.6) is 0 Å². The number of carbonyl (C=O) groups is 2. The van der Waals surface area contributed by atoms with Crippen molar-refractivity contribution < 1.29 is 19.2 Å². The maximum absolute atomic E-state index is 12.5. The van der Waals surface area contributed by atoms with E-state index in [9.17, 15) is 9.59 Å². The van der Waals surface area contributed by atoms with Crippen LogP contribution in [0.15, 0.2) is 54.7 Å². The van der Waals surface area contributed by atoms with Gasteiger partial charge in [0.2, 0.25) is 5.91 Å². The second-order valence-electron chi connectivity index (χ2n) is 5.44. The van der Waals surface area contributed by atoms with Crippen molar-refractivity contribution in [3.05, 3.63) is 65.9 Å². The molecule has 0 unspecified atom stereocenters. The molecule has 2 aromatic carbocycles. The topological polar surface area (TPSA) is 69.6 Å². The van der Waals surface area contributed by atoms with Crippen molar-refractivity contribution in [1.82, 2.24) is 4.73 Å². The largest absolute Gasteiger partial charge is 0.465 e. The summed E-state index contributed by atoms with van der Waals surface area (Å²) in [5.74, 6) is -0.720. The first-order valence-electron chi connectivity index (χ1n) is 7.74. The highest BCUT2D eigenvalue weighted by molar-refractivity contribution is 6.02. The number of rotatable bonds is 5. The van der Waals surface area contributed by atoms with Crippen LogP contribution in [0.3, 0.4) is 0 Å². The summed E-state index contributed by atoms with van der Waals surface area (Å²) in [6.45, 7) is 0. The first-order chi connectivity index (χ1) is 12.1. The van der Waals surface area contributed by atoms with Gasteiger partial charge in [-0.25, -0.2) is 4.79 Å². The first-order valence-corrected chi connectivity index (χ1v) is 7.74. The van der Waals surface area contributed by atoms with Gasteiger partial charge in [0.15, 0.2) is 0 Å². The Morgan fingerprint density at radius 3 is 2.52 bits per heavy atom. The molecule has 0 saturated heterocycles. The molecule has 25 heavy (non-hydrogen) atoms. The molecule has 128 valence electrons. The molecule has 0 aliphatic heterocycles. The average molecular weight is 338 g/mol. The van der Waals surface area contributed by atoms with Crippen LogP contribution in [0.1, 0.15) is 15.9 Å². The van der Waals surface area contributed by atoms with Crippen molar-refractivity contribution >= 4 is 28.5 Å². The summed E-state index contributed by atoms with van der Waals surface area (Å²) in [7, 11) is 2.88. The molecule has 0 atom stereocenters. The fraction of sp³-hybridized carbons (Fsp3) is 0.158. The predicted molar refractivity (Wildman–Crippen MR) is 94.6 cm³/mol. The first kappa shape index (κ1) is 16.6. The number of aromatic nitrogens is 1. The van der Waals surface area contributed by atoms with Gasteiger partial charge in [0.1, 0.15) is 7.11 Å². The Morgan fingerprint density at radius 2 is 1.76 bits per heavy atom. The minimum atomic E-state index is -0.494. The lowest BCUT2D eigenvalue weighted by Gasteiger charge is -2.09. The monoisotopic (exact) mass is 338 g/mol. The minimum Gasteiger partial charge on any atom is -0.465 e. The van der Waals surface area contributed by atoms with Crippen molar-refractivity contribution in [3.8, 4) is 0 Å². The number of ether oxygens (including phenoxy) is 1. The van der Waals surface area contributed by atoms with E-state index in [2.05, 4.69) is 5.32 Å². The molecule has 1 heterocycles. The third-order valence-electron chi connectivity index (χ3n) is 3.91. The number of benzene rings is 2. The Labute approximate surface area is 144 Å². The summed E-state index contributed by atoms with van der Waals surface area (Å²) in [4.78, 5) is 29.6. The van der Waals surface area contributed by atoms with E-state index in [0.29, 0.717) is 11.3 Å². The highest BCUT2D eigenvalue weighted by Crippen LogP contribution is 2.22. The average Bonchev–Trinajstić information content (AvgIpc) is 2.99. The van der Waals surface area contributed by atoms with E-state index >= 15 is 0 Å². The molecule has 0 aliphatic rings. The highest BCUT2D eigenvalue weighted by atomic mass is 16.6. The molecule has 1 amide bonds. The molecule has 0 saturated carbocycles. The zero-order chi connectivity index (χ0) is 17.8. The Morgan fingerprint density at radius 1 is 1.04 bits per heavy atom. The summed E-state index contributed by atoms with van der Waals surface area (Å²) in [6, 6.07) is 14.4. The molecule has 3 rings (SSSR count). The molecule has 0 bridgehead atoms. The van der Waals surface area contributed by atoms with Gasteiger partial charge in [-0.15, -0.1) is 0 Å². The Hall–Kier alpha value is -3.28. The Kier molecular flexibility index (Phi) is 4.70. The van der Waals surface area contributed by atoms with Gasteiger partial charge in [0, 0.05) is 11.6 Å². The van der Waals surface area contributed by atoms with Crippen LogP contribution in [-0.4, -0.2) is 30.8 Å². The zero-order valence-corrected chi connectivity index (χ0v) is 14.0. The summed E-state index contributed by atoms with van der Waals surface area (Å²) in [5, 5.41) is 3.72. The number of hydrogen-bond acceptors (Lipinski definition) is 4. The lowest BCUT2D eigenvalue weighted by molar-refractivity contribution is -0.115. The number of nitrogens with zero attached hydrogens (tertiary/aromatic N) is 1. The minimum absolute atomic E-state index is 0.159. The van der Waals surface area contributed by atoms with Gasteiger partial charge < -0.3 is 14.9 Å². The smallest absolute Gasteiger partial charge is 0.339 e. The maximum atomic E-state index is 12.5. The van der Waals surface area contributed by atoms with Gasteiger partial charge in [-0.05, 0) is 23.8 Å². The van der Waals surface area contributed by atoms with Crippen molar-refractivity contribution in [2.45, 2.75) is 6.42 Å². The van der Waals surface area contributed by atoms with Crippen LogP contribution >= 0.6 is 0 Å². The number of carbonyl (C=O) groups excluding carboxylic acids is 2. The number of methoxy groups -OCH3 is 1. The van der Waals surface area contributed by atoms with Crippen LogP contribution in [-0.2, 0) is 16.0 Å². The molecule has 0 radical (unpaired) electrons. The second kappa shape index (κ2) is 7.09. The van der Waals surface area contributed by atoms with E-state index in [4.69, 9.17) is 9.57 Å². The van der Waals surface area contributed by atoms with Gasteiger partial charge in [-0.1, -0.05) is 30.3 Å². The van der Waals surface area contributed by atoms with E-state index in [1.54, 1.807) is 42.3 Å². The number of hydrogen-bond donors (Lipinski definition) is 1. The van der Waals surface area contributed by atoms with Gasteiger partial charge in [0.25, 0.3) is 0 Å². The standard InChI is InChI=1S/C19H18N2O4/c1-24-19(23)15-8-3-5-9-16(15)20-18(22)11-13-12-21(25-2)17-10-6-4-7-14(13)17/h3-10,12H,11H2,1-2H3,(H,20,22). The number of esters is 1. The van der Waals surface area contributed by atoms with Gasteiger partial charge >= 0.3 is 5.97 Å². The number of anilines is 1. The third-order valence-corrected chi connectivity index (χ3v) is 3.91. The summed E-state index contributed by atoms with van der Waals surface area (Å²) >= 11 is 0. The van der Waals surface area contributed by atoms with Gasteiger partial charge in [-0.2, -0.15) is 4.73 Å². The maximum Gasteiger partial charge on any atom is 0.339 e. The zero-order valence-electron chi connectivity index (χ0n) is 14.0. The number of amides is 1. The Balaban J connectivity index is 1.84. The molecule has 3 aromatic rings. The SMILES string of the molecule is COC(=O)c1ccccc1NC(=O)Cc1cn(OC)c2ccccc12. The quantitative estimate of drug-likeness (QED) is 0.726. The highest BCUT2D eigenvalue weighted by Gasteiger charge is 2.16. The van der Waals surface area contributed by atoms with Crippen molar-refractivity contribution in [2.75, 3.05) is 19.5 Å². The predicted octanol–water partition coefficient (Wildman–Crippen LogP) is 2.67. The van der Waals surface area contributed by atoms with E-state index in [0.717, 1.165) is 16.5 Å². The summed E-state index contributed by atoms with van der Waals surface area (Å²) < 4.78 is 6.37. The summed E-state index contributed by atoms with van der Waals surface area (Å²) in [5.41, 5.74) is 2.47. The number of para-hydroxylation sites is 2. The van der Waals surface area contributed by atoms with Crippen molar-refractivity contribution in [2.24, 2.45) is 0 Å². The molecular weight excluding hydrogens is 320 g/mol. The van der Waals surface area contributed by atoms with Gasteiger partial charge in [0.05, 0.1) is 30.3 Å². The van der Waals surface area contributed by atoms with E-state index in [-0.39, 0.29) is 12.3 Å². The second-order valence-corrected chi connectivity index (χ2v) is 5.44. The number of fused-ring (bicyclic) bond motifs is 1. The molecule has 6 heteroatoms. The lowest BCUT2D eigenvalue weighted by Crippen LogP contribution is -2.17. The third kappa shape index (κ3) is 3.33. The molecule has 0 fully saturated rings. The van der Waals surface area contributed by atoms with E-state index in [1.807, 2.05) is 24.3 Å². The van der Waals surface area contributed by atoms with Crippen LogP contribution in [0.2, 0.25) is 0 Å². The Bertz CT molecular complexity index is 930. The molecular formula is C19H18N2O4. The van der Waals surface area contributed by atoms with Crippen LogP contribution in [0.25, 0.3) is 10.9 Å². The van der Waals surface area contributed by atoms with E-state index in [1.165, 1.54) is 7.11 Å². The van der Waals surface area contributed by atoms with Crippen molar-refractivity contribution in [1.29, 1.82) is 0 Å². The fourth-order valence-corrected chi connectivity index (χ4v) is 2.76. The molecule has 1 N–H and O–H groups in total. The molecule has 0 aliphatic carbocycles. The van der Waals surface area contributed by atoms with Crippen LogP contribution in [0, 0.1) is 0 Å².